The Morgan fingerprint density at radius 2 is 1.74 bits per heavy atom. The Balaban J connectivity index is 1.47. The van der Waals surface area contributed by atoms with Gasteiger partial charge in [-0.05, 0) is 36.8 Å². The van der Waals surface area contributed by atoms with Crippen LogP contribution in [0.4, 0.5) is 5.69 Å². The molecule has 0 aliphatic carbocycles. The third-order valence-corrected chi connectivity index (χ3v) is 5.46. The predicted molar refractivity (Wildman–Crippen MR) is 119 cm³/mol. The number of nitrogens with zero attached hydrogens (tertiary/aromatic N) is 2. The first-order chi connectivity index (χ1) is 15.0. The first kappa shape index (κ1) is 22.2. The van der Waals surface area contributed by atoms with Gasteiger partial charge in [0.05, 0.1) is 14.2 Å². The highest BCUT2D eigenvalue weighted by molar-refractivity contribution is 7.13. The summed E-state index contributed by atoms with van der Waals surface area (Å²) in [5.74, 6) is 0.816. The molecule has 2 N–H and O–H groups in total. The Hall–Kier alpha value is -3.46. The lowest BCUT2D eigenvalue weighted by atomic mass is 10.2. The summed E-state index contributed by atoms with van der Waals surface area (Å²) in [5, 5.41) is 14.5. The Labute approximate surface area is 184 Å². The number of carbonyl (C=O) groups excluding carboxylic acids is 2. The summed E-state index contributed by atoms with van der Waals surface area (Å²) in [6, 6.07) is 13.0. The van der Waals surface area contributed by atoms with Crippen LogP contribution in [0, 0.1) is 6.92 Å². The minimum atomic E-state index is -0.314. The van der Waals surface area contributed by atoms with Gasteiger partial charge in [-0.1, -0.05) is 35.1 Å². The SMILES string of the molecule is COc1ccc(CNC(=O)CCc2nnc(C(=O)Nc3ccc(C)cc3)s2)cc1OC. The van der Waals surface area contributed by atoms with Crippen LogP contribution in [0.15, 0.2) is 42.5 Å². The van der Waals surface area contributed by atoms with Crippen LogP contribution in [0.25, 0.3) is 0 Å². The predicted octanol–water partition coefficient (Wildman–Crippen LogP) is 3.37. The largest absolute Gasteiger partial charge is 0.493 e. The fourth-order valence-electron chi connectivity index (χ4n) is 2.77. The van der Waals surface area contributed by atoms with Gasteiger partial charge in [0.2, 0.25) is 10.9 Å². The number of aryl methyl sites for hydroxylation is 2. The Morgan fingerprint density at radius 3 is 2.45 bits per heavy atom. The summed E-state index contributed by atoms with van der Waals surface area (Å²) < 4.78 is 10.5. The fourth-order valence-corrected chi connectivity index (χ4v) is 3.50. The van der Waals surface area contributed by atoms with Gasteiger partial charge in [-0.25, -0.2) is 0 Å². The molecule has 1 aromatic heterocycles. The molecule has 31 heavy (non-hydrogen) atoms. The third kappa shape index (κ3) is 6.26. The summed E-state index contributed by atoms with van der Waals surface area (Å²) >= 11 is 1.18. The number of nitrogens with one attached hydrogen (secondary N) is 2. The van der Waals surface area contributed by atoms with E-state index in [2.05, 4.69) is 20.8 Å². The molecular weight excluding hydrogens is 416 g/mol. The molecule has 0 saturated carbocycles. The lowest BCUT2D eigenvalue weighted by Crippen LogP contribution is -2.23. The van der Waals surface area contributed by atoms with Crippen LogP contribution < -0.4 is 20.1 Å². The maximum absolute atomic E-state index is 12.3. The molecule has 0 saturated heterocycles. The molecule has 0 aliphatic heterocycles. The van der Waals surface area contributed by atoms with E-state index in [0.29, 0.717) is 35.2 Å². The summed E-state index contributed by atoms with van der Waals surface area (Å²) in [4.78, 5) is 24.5. The highest BCUT2D eigenvalue weighted by atomic mass is 32.1. The number of carbonyl (C=O) groups is 2. The van der Waals surface area contributed by atoms with Crippen molar-refractivity contribution in [3.8, 4) is 11.5 Å². The van der Waals surface area contributed by atoms with Gasteiger partial charge in [-0.15, -0.1) is 10.2 Å². The Morgan fingerprint density at radius 1 is 1.00 bits per heavy atom. The van der Waals surface area contributed by atoms with E-state index in [9.17, 15) is 9.59 Å². The van der Waals surface area contributed by atoms with Gasteiger partial charge in [0, 0.05) is 25.1 Å². The maximum Gasteiger partial charge on any atom is 0.286 e. The van der Waals surface area contributed by atoms with E-state index in [1.165, 1.54) is 11.3 Å². The number of anilines is 1. The molecule has 1 heterocycles. The molecule has 162 valence electrons. The smallest absolute Gasteiger partial charge is 0.286 e. The van der Waals surface area contributed by atoms with Crippen LogP contribution in [0.3, 0.4) is 0 Å². The topological polar surface area (TPSA) is 102 Å². The van der Waals surface area contributed by atoms with Crippen LogP contribution in [0.5, 0.6) is 11.5 Å². The molecule has 3 aromatic rings. The first-order valence-electron chi connectivity index (χ1n) is 9.66. The maximum atomic E-state index is 12.3. The highest BCUT2D eigenvalue weighted by Gasteiger charge is 2.14. The molecule has 9 heteroatoms. The number of amides is 2. The Bertz CT molecular complexity index is 1050. The van der Waals surface area contributed by atoms with E-state index in [1.54, 1.807) is 20.3 Å². The van der Waals surface area contributed by atoms with E-state index in [4.69, 9.17) is 9.47 Å². The van der Waals surface area contributed by atoms with Crippen molar-refractivity contribution in [2.75, 3.05) is 19.5 Å². The van der Waals surface area contributed by atoms with Crippen molar-refractivity contribution >= 4 is 28.8 Å². The summed E-state index contributed by atoms with van der Waals surface area (Å²) in [5.41, 5.74) is 2.71. The minimum Gasteiger partial charge on any atom is -0.493 e. The zero-order valence-electron chi connectivity index (χ0n) is 17.6. The summed E-state index contributed by atoms with van der Waals surface area (Å²) in [6.45, 7) is 2.35. The van der Waals surface area contributed by atoms with E-state index >= 15 is 0 Å². The number of hydrogen-bond acceptors (Lipinski definition) is 7. The van der Waals surface area contributed by atoms with Crippen molar-refractivity contribution in [3.63, 3.8) is 0 Å². The lowest BCUT2D eigenvalue weighted by Gasteiger charge is -2.10. The quantitative estimate of drug-likeness (QED) is 0.529. The number of hydrogen-bond donors (Lipinski definition) is 2. The van der Waals surface area contributed by atoms with Crippen molar-refractivity contribution < 1.29 is 19.1 Å². The molecule has 2 aromatic carbocycles. The number of ether oxygens (including phenoxy) is 2. The second-order valence-corrected chi connectivity index (χ2v) is 7.85. The Kier molecular flexibility index (Phi) is 7.55. The van der Waals surface area contributed by atoms with Crippen molar-refractivity contribution in [3.05, 3.63) is 63.6 Å². The minimum absolute atomic E-state index is 0.115. The van der Waals surface area contributed by atoms with Gasteiger partial charge in [0.25, 0.3) is 5.91 Å². The molecule has 0 fully saturated rings. The molecular formula is C22H24N4O4S. The molecule has 2 amide bonds. The summed E-state index contributed by atoms with van der Waals surface area (Å²) in [7, 11) is 3.14. The molecule has 3 rings (SSSR count). The van der Waals surface area contributed by atoms with Gasteiger partial charge < -0.3 is 20.1 Å². The molecule has 0 unspecified atom stereocenters. The van der Waals surface area contributed by atoms with Gasteiger partial charge in [0.15, 0.2) is 11.5 Å². The second-order valence-electron chi connectivity index (χ2n) is 6.79. The van der Waals surface area contributed by atoms with E-state index in [-0.39, 0.29) is 23.2 Å². The fraction of sp³-hybridized carbons (Fsp3) is 0.273. The molecule has 0 bridgehead atoms. The number of benzene rings is 2. The van der Waals surface area contributed by atoms with Crippen molar-refractivity contribution in [2.24, 2.45) is 0 Å². The van der Waals surface area contributed by atoms with E-state index in [0.717, 1.165) is 11.1 Å². The molecule has 8 nitrogen and oxygen atoms in total. The van der Waals surface area contributed by atoms with Crippen molar-refractivity contribution in [1.82, 2.24) is 15.5 Å². The third-order valence-electron chi connectivity index (χ3n) is 4.47. The molecule has 0 spiro atoms. The second kappa shape index (κ2) is 10.5. The first-order valence-corrected chi connectivity index (χ1v) is 10.5. The van der Waals surface area contributed by atoms with Crippen LogP contribution in [-0.4, -0.2) is 36.2 Å². The average Bonchev–Trinajstić information content (AvgIpc) is 3.27. The van der Waals surface area contributed by atoms with Crippen LogP contribution in [0.2, 0.25) is 0 Å². The standard InChI is InChI=1S/C22H24N4O4S/c1-14-4-7-16(8-5-14)24-21(28)22-26-25-20(31-22)11-10-19(27)23-13-15-6-9-17(29-2)18(12-15)30-3/h4-9,12H,10-11,13H2,1-3H3,(H,23,27)(H,24,28). The van der Waals surface area contributed by atoms with Gasteiger partial charge in [-0.3, -0.25) is 9.59 Å². The van der Waals surface area contributed by atoms with Crippen LogP contribution in [0.1, 0.15) is 32.4 Å². The average molecular weight is 441 g/mol. The number of aromatic nitrogens is 2. The van der Waals surface area contributed by atoms with Gasteiger partial charge in [-0.2, -0.15) is 0 Å². The van der Waals surface area contributed by atoms with E-state index < -0.39 is 0 Å². The van der Waals surface area contributed by atoms with E-state index in [1.807, 2.05) is 43.3 Å². The van der Waals surface area contributed by atoms with Gasteiger partial charge in [0.1, 0.15) is 5.01 Å². The van der Waals surface area contributed by atoms with Crippen LogP contribution in [-0.2, 0) is 17.8 Å². The number of methoxy groups -OCH3 is 2. The van der Waals surface area contributed by atoms with Gasteiger partial charge >= 0.3 is 0 Å². The van der Waals surface area contributed by atoms with Crippen molar-refractivity contribution in [1.29, 1.82) is 0 Å². The molecule has 0 atom stereocenters. The van der Waals surface area contributed by atoms with Crippen molar-refractivity contribution in [2.45, 2.75) is 26.3 Å². The molecule has 0 aliphatic rings. The zero-order chi connectivity index (χ0) is 22.2. The monoisotopic (exact) mass is 440 g/mol. The lowest BCUT2D eigenvalue weighted by molar-refractivity contribution is -0.121. The molecule has 0 radical (unpaired) electrons. The number of rotatable bonds is 9. The normalized spacial score (nSPS) is 10.4. The zero-order valence-corrected chi connectivity index (χ0v) is 18.4. The summed E-state index contributed by atoms with van der Waals surface area (Å²) in [6.07, 6.45) is 0.661. The highest BCUT2D eigenvalue weighted by Crippen LogP contribution is 2.27. The van der Waals surface area contributed by atoms with Crippen LogP contribution >= 0.6 is 11.3 Å².